The molecular formula is C12H9Cl2N3OS. The molecule has 3 heterocycles. The van der Waals surface area contributed by atoms with Crippen LogP contribution >= 0.6 is 34.5 Å². The molecule has 0 atom stereocenters. The van der Waals surface area contributed by atoms with E-state index in [4.69, 9.17) is 23.2 Å². The first-order chi connectivity index (χ1) is 9.15. The van der Waals surface area contributed by atoms with Gasteiger partial charge in [0.15, 0.2) is 0 Å². The summed E-state index contributed by atoms with van der Waals surface area (Å²) in [5, 5.41) is 0.279. The Morgan fingerprint density at radius 3 is 3.05 bits per heavy atom. The number of aromatic nitrogens is 2. The Kier molecular flexibility index (Phi) is 3.43. The molecule has 1 amide bonds. The Labute approximate surface area is 124 Å². The van der Waals surface area contributed by atoms with Crippen LogP contribution in [-0.4, -0.2) is 27.3 Å². The highest BCUT2D eigenvalue weighted by Gasteiger charge is 2.25. The summed E-state index contributed by atoms with van der Waals surface area (Å²) < 4.78 is 0.763. The molecule has 0 spiro atoms. The summed E-state index contributed by atoms with van der Waals surface area (Å²) in [5.41, 5.74) is 1.36. The summed E-state index contributed by atoms with van der Waals surface area (Å²) in [6.07, 6.45) is 3.58. The van der Waals surface area contributed by atoms with Gasteiger partial charge in [0.1, 0.15) is 12.0 Å². The summed E-state index contributed by atoms with van der Waals surface area (Å²) >= 11 is 13.5. The molecule has 0 N–H and O–H groups in total. The lowest BCUT2D eigenvalue weighted by molar-refractivity contribution is 0.0730. The van der Waals surface area contributed by atoms with Crippen LogP contribution in [0.5, 0.6) is 0 Å². The maximum atomic E-state index is 12.4. The number of thiophene rings is 1. The third-order valence-electron chi connectivity index (χ3n) is 2.99. The fourth-order valence-electron chi connectivity index (χ4n) is 2.09. The van der Waals surface area contributed by atoms with Gasteiger partial charge in [-0.3, -0.25) is 4.79 Å². The fraction of sp³-hybridized carbons (Fsp3) is 0.250. The first-order valence-corrected chi connectivity index (χ1v) is 7.24. The molecular weight excluding hydrogens is 305 g/mol. The highest BCUT2D eigenvalue weighted by molar-refractivity contribution is 7.16. The zero-order valence-corrected chi connectivity index (χ0v) is 12.1. The summed E-state index contributed by atoms with van der Waals surface area (Å²) in [5.74, 6) is -0.166. The van der Waals surface area contributed by atoms with Crippen molar-refractivity contribution in [3.05, 3.63) is 44.1 Å². The van der Waals surface area contributed by atoms with Crippen molar-refractivity contribution in [1.29, 1.82) is 0 Å². The largest absolute Gasteiger partial charge is 0.333 e. The van der Waals surface area contributed by atoms with Crippen LogP contribution in [0.2, 0.25) is 9.36 Å². The minimum Gasteiger partial charge on any atom is -0.333 e. The van der Waals surface area contributed by atoms with Crippen molar-refractivity contribution in [2.45, 2.75) is 13.0 Å². The third-order valence-corrected chi connectivity index (χ3v) is 4.64. The second-order valence-electron chi connectivity index (χ2n) is 4.19. The molecule has 3 rings (SSSR count). The maximum absolute atomic E-state index is 12.4. The Morgan fingerprint density at radius 2 is 2.26 bits per heavy atom. The topological polar surface area (TPSA) is 46.1 Å². The molecule has 0 saturated heterocycles. The Hall–Kier alpha value is -1.17. The van der Waals surface area contributed by atoms with Gasteiger partial charge < -0.3 is 4.90 Å². The lowest BCUT2D eigenvalue weighted by Gasteiger charge is -2.26. The zero-order valence-electron chi connectivity index (χ0n) is 9.77. The van der Waals surface area contributed by atoms with Gasteiger partial charge in [0, 0.05) is 24.2 Å². The molecule has 1 aliphatic heterocycles. The molecule has 19 heavy (non-hydrogen) atoms. The number of halogens is 2. The molecule has 0 aromatic carbocycles. The molecule has 0 aliphatic carbocycles. The van der Waals surface area contributed by atoms with E-state index in [2.05, 4.69) is 9.97 Å². The molecule has 0 fully saturated rings. The van der Waals surface area contributed by atoms with Crippen molar-refractivity contribution in [2.24, 2.45) is 0 Å². The van der Waals surface area contributed by atoms with Crippen LogP contribution in [0.1, 0.15) is 20.9 Å². The van der Waals surface area contributed by atoms with Crippen LogP contribution < -0.4 is 0 Å². The van der Waals surface area contributed by atoms with E-state index in [-0.39, 0.29) is 16.6 Å². The van der Waals surface area contributed by atoms with E-state index in [9.17, 15) is 4.79 Å². The van der Waals surface area contributed by atoms with Gasteiger partial charge in [0.2, 0.25) is 0 Å². The first kappa shape index (κ1) is 12.8. The predicted octanol–water partition coefficient (Wildman–Crippen LogP) is 3.04. The van der Waals surface area contributed by atoms with E-state index >= 15 is 0 Å². The summed E-state index contributed by atoms with van der Waals surface area (Å²) in [6, 6.07) is 1.92. The Bertz CT molecular complexity index is 644. The van der Waals surface area contributed by atoms with Gasteiger partial charge in [0.05, 0.1) is 9.36 Å². The Balaban J connectivity index is 1.85. The number of carbonyl (C=O) groups excluding carboxylic acids is 1. The van der Waals surface area contributed by atoms with Crippen molar-refractivity contribution in [3.63, 3.8) is 0 Å². The third kappa shape index (κ3) is 2.45. The number of carbonyl (C=O) groups is 1. The van der Waals surface area contributed by atoms with Gasteiger partial charge in [0.25, 0.3) is 5.91 Å². The van der Waals surface area contributed by atoms with E-state index in [1.807, 2.05) is 6.07 Å². The Morgan fingerprint density at radius 1 is 1.42 bits per heavy atom. The van der Waals surface area contributed by atoms with E-state index in [1.165, 1.54) is 17.4 Å². The van der Waals surface area contributed by atoms with Gasteiger partial charge in [-0.1, -0.05) is 23.2 Å². The number of rotatable bonds is 1. The molecule has 2 aromatic rings. The molecule has 7 heteroatoms. The molecule has 0 unspecified atom stereocenters. The van der Waals surface area contributed by atoms with Crippen LogP contribution in [0.3, 0.4) is 0 Å². The summed E-state index contributed by atoms with van der Waals surface area (Å²) in [4.78, 5) is 23.1. The molecule has 2 aromatic heterocycles. The van der Waals surface area contributed by atoms with Crippen LogP contribution in [0.4, 0.5) is 0 Å². The van der Waals surface area contributed by atoms with Crippen molar-refractivity contribution in [3.8, 4) is 0 Å². The number of hydrogen-bond donors (Lipinski definition) is 0. The highest BCUT2D eigenvalue weighted by Crippen LogP contribution is 2.31. The van der Waals surface area contributed by atoms with E-state index in [0.717, 1.165) is 16.3 Å². The monoisotopic (exact) mass is 313 g/mol. The van der Waals surface area contributed by atoms with Crippen LogP contribution in [0.15, 0.2) is 18.6 Å². The van der Waals surface area contributed by atoms with Gasteiger partial charge in [-0.2, -0.15) is 0 Å². The first-order valence-electron chi connectivity index (χ1n) is 5.67. The van der Waals surface area contributed by atoms with Crippen LogP contribution in [0.25, 0.3) is 0 Å². The second kappa shape index (κ2) is 5.07. The van der Waals surface area contributed by atoms with Crippen molar-refractivity contribution in [1.82, 2.24) is 14.9 Å². The predicted molar refractivity (Wildman–Crippen MR) is 74.8 cm³/mol. The van der Waals surface area contributed by atoms with E-state index < -0.39 is 0 Å². The molecule has 0 radical (unpaired) electrons. The second-order valence-corrected chi connectivity index (χ2v) is 6.37. The summed E-state index contributed by atoms with van der Waals surface area (Å²) in [7, 11) is 0. The number of amides is 1. The average molecular weight is 314 g/mol. The lowest BCUT2D eigenvalue weighted by atomic mass is 10.1. The highest BCUT2D eigenvalue weighted by atomic mass is 35.5. The van der Waals surface area contributed by atoms with Gasteiger partial charge in [-0.05, 0) is 18.1 Å². The van der Waals surface area contributed by atoms with Crippen molar-refractivity contribution in [2.75, 3.05) is 6.54 Å². The minimum atomic E-state index is -0.166. The molecule has 1 aliphatic rings. The van der Waals surface area contributed by atoms with E-state index in [1.54, 1.807) is 16.2 Å². The number of hydrogen-bond acceptors (Lipinski definition) is 4. The quantitative estimate of drug-likeness (QED) is 0.813. The average Bonchev–Trinajstić information content (AvgIpc) is 2.77. The van der Waals surface area contributed by atoms with E-state index in [0.29, 0.717) is 13.1 Å². The summed E-state index contributed by atoms with van der Waals surface area (Å²) in [6.45, 7) is 1.21. The van der Waals surface area contributed by atoms with Gasteiger partial charge in [-0.25, -0.2) is 9.97 Å². The normalized spacial score (nSPS) is 14.3. The molecule has 98 valence electrons. The number of nitrogens with zero attached hydrogens (tertiary/aromatic N) is 3. The molecule has 0 bridgehead atoms. The van der Waals surface area contributed by atoms with Crippen molar-refractivity contribution < 1.29 is 4.79 Å². The van der Waals surface area contributed by atoms with Gasteiger partial charge >= 0.3 is 0 Å². The number of fused-ring (bicyclic) bond motifs is 1. The molecule has 4 nitrogen and oxygen atoms in total. The fourth-order valence-corrected chi connectivity index (χ4v) is 3.57. The maximum Gasteiger partial charge on any atom is 0.274 e. The molecule has 0 saturated carbocycles. The smallest absolute Gasteiger partial charge is 0.274 e. The van der Waals surface area contributed by atoms with Crippen LogP contribution in [0, 0.1) is 0 Å². The standard InChI is InChI=1S/C12H9Cl2N3OS/c13-8-4-15-6-16-11(8)12(18)17-2-1-9-7(5-17)3-10(14)19-9/h3-4,6H,1-2,5H2. The van der Waals surface area contributed by atoms with Crippen LogP contribution in [-0.2, 0) is 13.0 Å². The zero-order chi connectivity index (χ0) is 13.4. The lowest BCUT2D eigenvalue weighted by Crippen LogP contribution is -2.36. The minimum absolute atomic E-state index is 0.166. The SMILES string of the molecule is O=C(c1ncncc1Cl)N1CCc2sc(Cl)cc2C1. The van der Waals surface area contributed by atoms with Crippen molar-refractivity contribution >= 4 is 40.4 Å². The van der Waals surface area contributed by atoms with Gasteiger partial charge in [-0.15, -0.1) is 11.3 Å².